The van der Waals surface area contributed by atoms with Crippen LogP contribution in [0.15, 0.2) is 48.5 Å². The third kappa shape index (κ3) is 6.88. The molecule has 0 aromatic heterocycles. The van der Waals surface area contributed by atoms with Crippen molar-refractivity contribution in [1.82, 2.24) is 0 Å². The predicted octanol–water partition coefficient (Wildman–Crippen LogP) is 5.93. The molecule has 0 aliphatic carbocycles. The average molecular weight is 464 g/mol. The van der Waals surface area contributed by atoms with E-state index in [2.05, 4.69) is 5.32 Å². The first-order valence-corrected chi connectivity index (χ1v) is 11.9. The van der Waals surface area contributed by atoms with Crippen molar-refractivity contribution in [3.05, 3.63) is 69.8 Å². The number of nitrogens with zero attached hydrogens (tertiary/aromatic N) is 1. The minimum absolute atomic E-state index is 0.146. The fourth-order valence-corrected chi connectivity index (χ4v) is 5.26. The van der Waals surface area contributed by atoms with Gasteiger partial charge in [0.25, 0.3) is 5.69 Å². The lowest BCUT2D eigenvalue weighted by atomic mass is 10.1. The molecular formula is C22H29N2O7P. The molecule has 1 atom stereocenters. The maximum absolute atomic E-state index is 13.9. The van der Waals surface area contributed by atoms with Crippen LogP contribution in [0.3, 0.4) is 0 Å². The van der Waals surface area contributed by atoms with Crippen molar-refractivity contribution in [2.24, 2.45) is 0 Å². The minimum Gasteiger partial charge on any atom is -0.462 e. The van der Waals surface area contributed by atoms with E-state index < -0.39 is 36.5 Å². The van der Waals surface area contributed by atoms with Gasteiger partial charge in [0.15, 0.2) is 5.78 Å². The zero-order valence-corrected chi connectivity index (χ0v) is 19.7. The third-order valence-electron chi connectivity index (χ3n) is 4.13. The van der Waals surface area contributed by atoms with Crippen molar-refractivity contribution in [2.75, 3.05) is 11.9 Å². The molecule has 0 aliphatic heterocycles. The van der Waals surface area contributed by atoms with Gasteiger partial charge in [-0.2, -0.15) is 0 Å². The van der Waals surface area contributed by atoms with E-state index in [0.717, 1.165) is 0 Å². The second-order valence-corrected chi connectivity index (χ2v) is 9.56. The average Bonchev–Trinajstić information content (AvgIpc) is 2.71. The van der Waals surface area contributed by atoms with Crippen LogP contribution in [0.1, 0.15) is 56.3 Å². The summed E-state index contributed by atoms with van der Waals surface area (Å²) in [7, 11) is -3.85. The number of rotatable bonds is 11. The van der Waals surface area contributed by atoms with E-state index >= 15 is 0 Å². The Kier molecular flexibility index (Phi) is 8.95. The molecule has 1 N–H and O–H groups in total. The summed E-state index contributed by atoms with van der Waals surface area (Å²) < 4.78 is 30.4. The summed E-state index contributed by atoms with van der Waals surface area (Å²) in [6.07, 6.45) is -0.845. The van der Waals surface area contributed by atoms with Gasteiger partial charge in [0.1, 0.15) is 0 Å². The molecule has 32 heavy (non-hydrogen) atoms. The topological polar surface area (TPSA) is 117 Å². The van der Waals surface area contributed by atoms with Crippen LogP contribution in [0, 0.1) is 10.1 Å². The summed E-state index contributed by atoms with van der Waals surface area (Å²) in [4.78, 5) is 22.7. The number of nitro benzene ring substituents is 1. The van der Waals surface area contributed by atoms with E-state index in [0.29, 0.717) is 16.8 Å². The fourth-order valence-electron chi connectivity index (χ4n) is 2.96. The Bertz CT molecular complexity index is 962. The Morgan fingerprint density at radius 2 is 1.66 bits per heavy atom. The molecule has 0 spiro atoms. The standard InChI is InChI=1S/C22H29N2O7P/c1-6-29-22(25)17-10-12-19(13-11-17)23-21(18-8-7-9-20(14-18)24(26)27)32(28,30-15(2)3)31-16(4)5/h7-16,21,23H,6H2,1-5H3/t21-/m0/s1. The van der Waals surface area contributed by atoms with Gasteiger partial charge in [-0.3, -0.25) is 14.7 Å². The van der Waals surface area contributed by atoms with Crippen LogP contribution >= 0.6 is 7.60 Å². The monoisotopic (exact) mass is 464 g/mol. The highest BCUT2D eigenvalue weighted by Crippen LogP contribution is 2.62. The van der Waals surface area contributed by atoms with Crippen LogP contribution in [-0.4, -0.2) is 29.7 Å². The largest absolute Gasteiger partial charge is 0.462 e. The van der Waals surface area contributed by atoms with E-state index in [4.69, 9.17) is 13.8 Å². The molecule has 0 saturated heterocycles. The van der Waals surface area contributed by atoms with Crippen LogP contribution in [0.4, 0.5) is 11.4 Å². The smallest absolute Gasteiger partial charge is 0.357 e. The highest BCUT2D eigenvalue weighted by atomic mass is 31.2. The molecular weight excluding hydrogens is 435 g/mol. The number of hydrogen-bond acceptors (Lipinski definition) is 8. The lowest BCUT2D eigenvalue weighted by Gasteiger charge is -2.31. The zero-order chi connectivity index (χ0) is 23.9. The van der Waals surface area contributed by atoms with E-state index in [1.165, 1.54) is 18.2 Å². The van der Waals surface area contributed by atoms with Crippen molar-refractivity contribution < 1.29 is 28.1 Å². The van der Waals surface area contributed by atoms with Gasteiger partial charge in [0.2, 0.25) is 0 Å². The van der Waals surface area contributed by atoms with Crippen LogP contribution in [0.2, 0.25) is 0 Å². The number of anilines is 1. The van der Waals surface area contributed by atoms with E-state index in [1.807, 2.05) is 0 Å². The molecule has 0 unspecified atom stereocenters. The highest BCUT2D eigenvalue weighted by Gasteiger charge is 2.40. The van der Waals surface area contributed by atoms with Crippen molar-refractivity contribution in [1.29, 1.82) is 0 Å². The summed E-state index contributed by atoms with van der Waals surface area (Å²) in [5.41, 5.74) is 1.12. The van der Waals surface area contributed by atoms with Gasteiger partial charge in [-0.1, -0.05) is 12.1 Å². The molecule has 2 aromatic carbocycles. The molecule has 0 saturated carbocycles. The number of non-ortho nitro benzene ring substituents is 1. The normalized spacial score (nSPS) is 12.6. The van der Waals surface area contributed by atoms with Gasteiger partial charge in [-0.25, -0.2) is 4.79 Å². The Labute approximate surface area is 187 Å². The molecule has 0 bridgehead atoms. The summed E-state index contributed by atoms with van der Waals surface area (Å²) in [5.74, 6) is -1.48. The SMILES string of the molecule is CCOC(=O)c1ccc(N[C@H](c2cccc([N+](=O)[O-])c2)P(=O)(OC(C)C)OC(C)C)cc1. The molecule has 0 aliphatic rings. The second-order valence-electron chi connectivity index (χ2n) is 7.54. The quantitative estimate of drug-likeness (QED) is 0.188. The lowest BCUT2D eigenvalue weighted by Crippen LogP contribution is -2.19. The van der Waals surface area contributed by atoms with E-state index in [-0.39, 0.29) is 12.3 Å². The lowest BCUT2D eigenvalue weighted by molar-refractivity contribution is -0.384. The number of benzene rings is 2. The summed E-state index contributed by atoms with van der Waals surface area (Å²) in [6.45, 7) is 8.91. The predicted molar refractivity (Wildman–Crippen MR) is 122 cm³/mol. The molecule has 9 nitrogen and oxygen atoms in total. The molecule has 0 fully saturated rings. The Morgan fingerprint density at radius 3 is 2.16 bits per heavy atom. The molecule has 2 rings (SSSR count). The van der Waals surface area contributed by atoms with Gasteiger partial charge in [0, 0.05) is 17.8 Å². The Morgan fingerprint density at radius 1 is 1.06 bits per heavy atom. The molecule has 0 heterocycles. The fraction of sp³-hybridized carbons (Fsp3) is 0.409. The Balaban J connectivity index is 2.50. The van der Waals surface area contributed by atoms with Gasteiger partial charge in [-0.05, 0) is 64.4 Å². The number of nitro groups is 1. The third-order valence-corrected chi connectivity index (χ3v) is 6.62. The highest BCUT2D eigenvalue weighted by molar-refractivity contribution is 7.54. The van der Waals surface area contributed by atoms with Gasteiger partial charge in [-0.15, -0.1) is 0 Å². The first kappa shape index (κ1) is 25.5. The number of hydrogen-bond donors (Lipinski definition) is 1. The maximum Gasteiger partial charge on any atom is 0.357 e. The van der Waals surface area contributed by atoms with Gasteiger partial charge >= 0.3 is 13.6 Å². The summed E-state index contributed by atoms with van der Waals surface area (Å²) >= 11 is 0. The van der Waals surface area contributed by atoms with Crippen LogP contribution in [0.25, 0.3) is 0 Å². The number of carbonyl (C=O) groups is 1. The van der Waals surface area contributed by atoms with Gasteiger partial charge < -0.3 is 19.1 Å². The summed E-state index contributed by atoms with van der Waals surface area (Å²) in [6, 6.07) is 12.2. The van der Waals surface area contributed by atoms with Crippen LogP contribution in [-0.2, 0) is 18.3 Å². The summed E-state index contributed by atoms with van der Waals surface area (Å²) in [5, 5.41) is 14.4. The molecule has 0 radical (unpaired) electrons. The van der Waals surface area contributed by atoms with Crippen molar-refractivity contribution in [2.45, 2.75) is 52.6 Å². The van der Waals surface area contributed by atoms with E-state index in [9.17, 15) is 19.5 Å². The van der Waals surface area contributed by atoms with E-state index in [1.54, 1.807) is 65.0 Å². The molecule has 2 aromatic rings. The number of esters is 1. The first-order valence-electron chi connectivity index (χ1n) is 10.3. The molecule has 0 amide bonds. The zero-order valence-electron chi connectivity index (χ0n) is 18.8. The number of carbonyl (C=O) groups excluding carboxylic acids is 1. The minimum atomic E-state index is -3.85. The molecule has 10 heteroatoms. The van der Waals surface area contributed by atoms with Crippen LogP contribution < -0.4 is 5.32 Å². The second kappa shape index (κ2) is 11.2. The number of ether oxygens (including phenoxy) is 1. The molecule has 174 valence electrons. The first-order chi connectivity index (χ1) is 15.1. The number of nitrogens with one attached hydrogen (secondary N) is 1. The van der Waals surface area contributed by atoms with Gasteiger partial charge in [0.05, 0.1) is 29.3 Å². The van der Waals surface area contributed by atoms with Crippen molar-refractivity contribution in [3.63, 3.8) is 0 Å². The van der Waals surface area contributed by atoms with Crippen molar-refractivity contribution >= 4 is 24.9 Å². The van der Waals surface area contributed by atoms with Crippen molar-refractivity contribution in [3.8, 4) is 0 Å². The Hall–Kier alpha value is -2.74. The van der Waals surface area contributed by atoms with Crippen LogP contribution in [0.5, 0.6) is 0 Å². The maximum atomic E-state index is 13.9.